The summed E-state index contributed by atoms with van der Waals surface area (Å²) < 4.78 is 0. The molecule has 1 aliphatic carbocycles. The fraction of sp³-hybridized carbons (Fsp3) is 0.778. The van der Waals surface area contributed by atoms with Crippen molar-refractivity contribution < 1.29 is 14.7 Å². The molecule has 2 atom stereocenters. The van der Waals surface area contributed by atoms with Crippen molar-refractivity contribution in [3.05, 3.63) is 0 Å². The molecule has 2 fully saturated rings. The molecule has 2 rings (SSSR count). The van der Waals surface area contributed by atoms with Crippen molar-refractivity contribution in [2.24, 2.45) is 5.41 Å². The molecule has 4 heteroatoms. The SMILES string of the molecule is CC(=O)N1C[C@]2(C(=O)O)CC[C@H]1C2. The van der Waals surface area contributed by atoms with Crippen LogP contribution in [0.3, 0.4) is 0 Å². The molecule has 4 nitrogen and oxygen atoms in total. The van der Waals surface area contributed by atoms with E-state index in [2.05, 4.69) is 0 Å². The number of carbonyl (C=O) groups is 2. The Morgan fingerprint density at radius 3 is 2.62 bits per heavy atom. The van der Waals surface area contributed by atoms with Crippen LogP contribution in [0.1, 0.15) is 26.2 Å². The molecule has 1 saturated carbocycles. The Bertz CT molecular complexity index is 276. The first-order valence-electron chi connectivity index (χ1n) is 4.56. The average Bonchev–Trinajstić information content (AvgIpc) is 2.60. The molecule has 0 unspecified atom stereocenters. The van der Waals surface area contributed by atoms with E-state index in [1.165, 1.54) is 6.92 Å². The highest BCUT2D eigenvalue weighted by Gasteiger charge is 2.55. The van der Waals surface area contributed by atoms with Gasteiger partial charge in [-0.3, -0.25) is 9.59 Å². The third-order valence-electron chi connectivity index (χ3n) is 3.35. The van der Waals surface area contributed by atoms with Crippen LogP contribution in [0.4, 0.5) is 0 Å². The Hall–Kier alpha value is -1.06. The van der Waals surface area contributed by atoms with Gasteiger partial charge in [0.25, 0.3) is 0 Å². The van der Waals surface area contributed by atoms with E-state index >= 15 is 0 Å². The summed E-state index contributed by atoms with van der Waals surface area (Å²) in [7, 11) is 0. The number of likely N-dealkylation sites (tertiary alicyclic amines) is 1. The van der Waals surface area contributed by atoms with Gasteiger partial charge in [0.15, 0.2) is 0 Å². The Labute approximate surface area is 76.5 Å². The van der Waals surface area contributed by atoms with Gasteiger partial charge in [-0.25, -0.2) is 0 Å². The molecule has 1 saturated heterocycles. The quantitative estimate of drug-likeness (QED) is 0.643. The Morgan fingerprint density at radius 2 is 2.23 bits per heavy atom. The van der Waals surface area contributed by atoms with E-state index in [1.54, 1.807) is 4.90 Å². The van der Waals surface area contributed by atoms with Gasteiger partial charge >= 0.3 is 5.97 Å². The number of amides is 1. The average molecular weight is 183 g/mol. The number of carboxylic acid groups (broad SMARTS) is 1. The molecule has 0 aromatic carbocycles. The Balaban J connectivity index is 2.22. The van der Waals surface area contributed by atoms with E-state index in [1.807, 2.05) is 0 Å². The van der Waals surface area contributed by atoms with Gasteiger partial charge in [-0.15, -0.1) is 0 Å². The van der Waals surface area contributed by atoms with Gasteiger partial charge in [0.05, 0.1) is 5.41 Å². The summed E-state index contributed by atoms with van der Waals surface area (Å²) in [6.45, 7) is 1.93. The lowest BCUT2D eigenvalue weighted by Crippen LogP contribution is -2.41. The highest BCUT2D eigenvalue weighted by atomic mass is 16.4. The monoisotopic (exact) mass is 183 g/mol. The molecule has 1 amide bonds. The molecule has 0 spiro atoms. The maximum Gasteiger partial charge on any atom is 0.311 e. The minimum atomic E-state index is -0.737. The summed E-state index contributed by atoms with van der Waals surface area (Å²) in [6, 6.07) is 0.189. The predicted molar refractivity (Wildman–Crippen MR) is 45.1 cm³/mol. The van der Waals surface area contributed by atoms with Crippen molar-refractivity contribution in [1.82, 2.24) is 4.90 Å². The fourth-order valence-corrected chi connectivity index (χ4v) is 2.59. The zero-order chi connectivity index (χ0) is 9.64. The van der Waals surface area contributed by atoms with E-state index in [4.69, 9.17) is 5.11 Å². The van der Waals surface area contributed by atoms with E-state index in [0.29, 0.717) is 13.0 Å². The molecule has 72 valence electrons. The molecule has 13 heavy (non-hydrogen) atoms. The number of rotatable bonds is 1. The first-order valence-corrected chi connectivity index (χ1v) is 4.56. The summed E-state index contributed by atoms with van der Waals surface area (Å²) >= 11 is 0. The van der Waals surface area contributed by atoms with Crippen LogP contribution in [-0.4, -0.2) is 34.5 Å². The molecular weight excluding hydrogens is 170 g/mol. The van der Waals surface area contributed by atoms with Gasteiger partial charge in [-0.05, 0) is 19.3 Å². The van der Waals surface area contributed by atoms with Crippen molar-refractivity contribution in [2.45, 2.75) is 32.2 Å². The molecule has 0 aromatic rings. The van der Waals surface area contributed by atoms with Crippen LogP contribution in [0.15, 0.2) is 0 Å². The number of aliphatic carboxylic acids is 1. The van der Waals surface area contributed by atoms with Crippen LogP contribution in [0.25, 0.3) is 0 Å². The van der Waals surface area contributed by atoms with Crippen molar-refractivity contribution in [1.29, 1.82) is 0 Å². The molecule has 1 aliphatic heterocycles. The minimum Gasteiger partial charge on any atom is -0.481 e. The molecule has 2 aliphatic rings. The molecular formula is C9H13NO3. The summed E-state index contributed by atoms with van der Waals surface area (Å²) in [5, 5.41) is 9.05. The zero-order valence-electron chi connectivity index (χ0n) is 7.62. The first kappa shape index (κ1) is 8.53. The van der Waals surface area contributed by atoms with E-state index in [0.717, 1.165) is 12.8 Å². The van der Waals surface area contributed by atoms with Crippen molar-refractivity contribution in [2.75, 3.05) is 6.54 Å². The highest BCUT2D eigenvalue weighted by molar-refractivity contribution is 5.80. The number of fused-ring (bicyclic) bond motifs is 2. The van der Waals surface area contributed by atoms with Crippen LogP contribution >= 0.6 is 0 Å². The van der Waals surface area contributed by atoms with Crippen LogP contribution in [0.2, 0.25) is 0 Å². The molecule has 1 heterocycles. The normalized spacial score (nSPS) is 36.7. The predicted octanol–water partition coefficient (Wildman–Crippen LogP) is 0.472. The van der Waals surface area contributed by atoms with Crippen LogP contribution in [0.5, 0.6) is 0 Å². The largest absolute Gasteiger partial charge is 0.481 e. The summed E-state index contributed by atoms with van der Waals surface area (Å²) in [5.41, 5.74) is -0.615. The second kappa shape index (κ2) is 2.47. The Kier molecular flexibility index (Phi) is 1.62. The summed E-state index contributed by atoms with van der Waals surface area (Å²) in [5.74, 6) is -0.730. The van der Waals surface area contributed by atoms with Crippen molar-refractivity contribution in [3.8, 4) is 0 Å². The first-order chi connectivity index (χ1) is 6.05. The molecule has 2 bridgehead atoms. The van der Waals surface area contributed by atoms with Gasteiger partial charge < -0.3 is 10.0 Å². The van der Waals surface area contributed by atoms with E-state index < -0.39 is 11.4 Å². The van der Waals surface area contributed by atoms with Gasteiger partial charge in [0.2, 0.25) is 5.91 Å². The number of piperidine rings is 1. The molecule has 0 radical (unpaired) electrons. The number of hydrogen-bond acceptors (Lipinski definition) is 2. The number of hydrogen-bond donors (Lipinski definition) is 1. The van der Waals surface area contributed by atoms with E-state index in [9.17, 15) is 9.59 Å². The van der Waals surface area contributed by atoms with Crippen molar-refractivity contribution >= 4 is 11.9 Å². The van der Waals surface area contributed by atoms with Gasteiger partial charge in [-0.2, -0.15) is 0 Å². The Morgan fingerprint density at radius 1 is 1.54 bits per heavy atom. The third kappa shape index (κ3) is 1.04. The highest BCUT2D eigenvalue weighted by Crippen LogP contribution is 2.47. The lowest BCUT2D eigenvalue weighted by molar-refractivity contribution is -0.149. The second-order valence-electron chi connectivity index (χ2n) is 4.13. The second-order valence-corrected chi connectivity index (χ2v) is 4.13. The molecule has 0 aromatic heterocycles. The fourth-order valence-electron chi connectivity index (χ4n) is 2.59. The summed E-state index contributed by atoms with van der Waals surface area (Å²) in [4.78, 5) is 23.9. The summed E-state index contributed by atoms with van der Waals surface area (Å²) in [6.07, 6.45) is 2.24. The van der Waals surface area contributed by atoms with Crippen LogP contribution in [-0.2, 0) is 9.59 Å². The third-order valence-corrected chi connectivity index (χ3v) is 3.35. The van der Waals surface area contributed by atoms with E-state index in [-0.39, 0.29) is 11.9 Å². The van der Waals surface area contributed by atoms with Gasteiger partial charge in [0.1, 0.15) is 0 Å². The lowest BCUT2D eigenvalue weighted by Gasteiger charge is -2.29. The van der Waals surface area contributed by atoms with Gasteiger partial charge in [-0.1, -0.05) is 0 Å². The smallest absolute Gasteiger partial charge is 0.311 e. The standard InChI is InChI=1S/C9H13NO3/c1-6(11)10-5-9(8(12)13)3-2-7(10)4-9/h7H,2-5H2,1H3,(H,12,13)/t7-,9-/m0/s1. The van der Waals surface area contributed by atoms with Crippen LogP contribution in [0, 0.1) is 5.41 Å². The zero-order valence-corrected chi connectivity index (χ0v) is 7.62. The number of nitrogens with zero attached hydrogens (tertiary/aromatic N) is 1. The number of carboxylic acids is 1. The number of carbonyl (C=O) groups excluding carboxylic acids is 1. The van der Waals surface area contributed by atoms with Crippen LogP contribution < -0.4 is 0 Å². The van der Waals surface area contributed by atoms with Gasteiger partial charge in [0, 0.05) is 19.5 Å². The van der Waals surface area contributed by atoms with Crippen molar-refractivity contribution in [3.63, 3.8) is 0 Å². The molecule has 1 N–H and O–H groups in total. The maximum absolute atomic E-state index is 11.1. The minimum absolute atomic E-state index is 0.00725. The topological polar surface area (TPSA) is 57.6 Å². The maximum atomic E-state index is 11.1. The lowest BCUT2D eigenvalue weighted by atomic mass is 9.88.